The zero-order valence-corrected chi connectivity index (χ0v) is 18.3. The molecule has 1 amide bonds. The zero-order valence-electron chi connectivity index (χ0n) is 17.5. The molecule has 29 heavy (non-hydrogen) atoms. The third-order valence-electron chi connectivity index (χ3n) is 5.34. The first kappa shape index (κ1) is 21.5. The van der Waals surface area contributed by atoms with Gasteiger partial charge in [0.15, 0.2) is 9.84 Å². The average Bonchev–Trinajstić information content (AvgIpc) is 2.68. The number of nitrogens with zero attached hydrogens (tertiary/aromatic N) is 2. The van der Waals surface area contributed by atoms with E-state index in [1.807, 2.05) is 4.90 Å². The number of carbonyl (C=O) groups excluding carboxylic acids is 1. The molecule has 3 rings (SSSR count). The van der Waals surface area contributed by atoms with Gasteiger partial charge in [0.05, 0.1) is 5.75 Å². The third-order valence-corrected chi connectivity index (χ3v) is 6.20. The predicted molar refractivity (Wildman–Crippen MR) is 117 cm³/mol. The number of rotatable bonds is 6. The first-order valence-electron chi connectivity index (χ1n) is 10.1. The van der Waals surface area contributed by atoms with Gasteiger partial charge in [-0.15, -0.1) is 0 Å². The molecule has 1 saturated heterocycles. The first-order chi connectivity index (χ1) is 13.7. The molecule has 6 heteroatoms. The van der Waals surface area contributed by atoms with E-state index in [-0.39, 0.29) is 11.7 Å². The summed E-state index contributed by atoms with van der Waals surface area (Å²) in [5.74, 6) is 0.550. The van der Waals surface area contributed by atoms with Crippen molar-refractivity contribution < 1.29 is 13.2 Å². The highest BCUT2D eigenvalue weighted by molar-refractivity contribution is 7.89. The van der Waals surface area contributed by atoms with E-state index in [0.29, 0.717) is 30.1 Å². The van der Waals surface area contributed by atoms with Crippen LogP contribution in [0.5, 0.6) is 0 Å². The summed E-state index contributed by atoms with van der Waals surface area (Å²) in [7, 11) is -3.07. The maximum absolute atomic E-state index is 12.8. The lowest BCUT2D eigenvalue weighted by molar-refractivity contribution is 0.0628. The van der Waals surface area contributed by atoms with E-state index in [9.17, 15) is 13.2 Å². The molecule has 1 heterocycles. The lowest BCUT2D eigenvalue weighted by atomic mass is 10.0. The minimum Gasteiger partial charge on any atom is -0.336 e. The van der Waals surface area contributed by atoms with E-state index < -0.39 is 9.84 Å². The second kappa shape index (κ2) is 9.09. The van der Waals surface area contributed by atoms with E-state index in [4.69, 9.17) is 0 Å². The van der Waals surface area contributed by atoms with Crippen LogP contribution in [0.1, 0.15) is 46.8 Å². The second-order valence-corrected chi connectivity index (χ2v) is 10.4. The van der Waals surface area contributed by atoms with Gasteiger partial charge in [0.1, 0.15) is 0 Å². The van der Waals surface area contributed by atoms with Crippen molar-refractivity contribution in [3.63, 3.8) is 0 Å². The van der Waals surface area contributed by atoms with Crippen molar-refractivity contribution in [3.05, 3.63) is 70.8 Å². The van der Waals surface area contributed by atoms with Crippen molar-refractivity contribution in [2.45, 2.75) is 32.1 Å². The van der Waals surface area contributed by atoms with Crippen molar-refractivity contribution in [1.29, 1.82) is 0 Å². The summed E-state index contributed by atoms with van der Waals surface area (Å²) in [6.45, 7) is 8.41. The van der Waals surface area contributed by atoms with E-state index >= 15 is 0 Å². The Labute approximate surface area is 174 Å². The van der Waals surface area contributed by atoms with Gasteiger partial charge < -0.3 is 4.90 Å². The third kappa shape index (κ3) is 6.15. The minimum atomic E-state index is -3.07. The van der Waals surface area contributed by atoms with Gasteiger partial charge >= 0.3 is 0 Å². The molecule has 0 atom stereocenters. The summed E-state index contributed by atoms with van der Waals surface area (Å²) in [5.41, 5.74) is 3.97. The molecule has 0 aliphatic carbocycles. The summed E-state index contributed by atoms with van der Waals surface area (Å²) in [4.78, 5) is 17.0. The van der Waals surface area contributed by atoms with E-state index in [2.05, 4.69) is 43.0 Å². The van der Waals surface area contributed by atoms with Gasteiger partial charge in [0.25, 0.3) is 5.91 Å². The number of amides is 1. The molecule has 0 spiro atoms. The van der Waals surface area contributed by atoms with Crippen molar-refractivity contribution in [2.75, 3.05) is 32.4 Å². The molecular weight excluding hydrogens is 384 g/mol. The quantitative estimate of drug-likeness (QED) is 0.728. The Morgan fingerprint density at radius 3 is 1.97 bits per heavy atom. The smallest absolute Gasteiger partial charge is 0.253 e. The highest BCUT2D eigenvalue weighted by Gasteiger charge is 2.22. The molecule has 2 aromatic carbocycles. The van der Waals surface area contributed by atoms with Crippen molar-refractivity contribution in [3.8, 4) is 0 Å². The largest absolute Gasteiger partial charge is 0.336 e. The summed E-state index contributed by atoms with van der Waals surface area (Å²) in [5, 5.41) is 0. The van der Waals surface area contributed by atoms with Gasteiger partial charge in [0.2, 0.25) is 0 Å². The van der Waals surface area contributed by atoms with Crippen LogP contribution in [0, 0.1) is 0 Å². The predicted octanol–water partition coefficient (Wildman–Crippen LogP) is 3.31. The Bertz CT molecular complexity index is 927. The van der Waals surface area contributed by atoms with Gasteiger partial charge in [-0.05, 0) is 34.7 Å². The maximum atomic E-state index is 12.8. The van der Waals surface area contributed by atoms with Crippen molar-refractivity contribution >= 4 is 15.7 Å². The molecule has 2 aromatic rings. The van der Waals surface area contributed by atoms with E-state index in [1.54, 1.807) is 24.3 Å². The summed E-state index contributed by atoms with van der Waals surface area (Å²) >= 11 is 0. The van der Waals surface area contributed by atoms with Crippen LogP contribution in [-0.4, -0.2) is 56.6 Å². The Kier molecular flexibility index (Phi) is 6.75. The van der Waals surface area contributed by atoms with Gasteiger partial charge in [-0.2, -0.15) is 0 Å². The fraction of sp³-hybridized carbons (Fsp3) is 0.435. The summed E-state index contributed by atoms with van der Waals surface area (Å²) < 4.78 is 22.8. The normalized spacial score (nSPS) is 15.7. The monoisotopic (exact) mass is 414 g/mol. The van der Waals surface area contributed by atoms with Crippen LogP contribution in [0.25, 0.3) is 0 Å². The van der Waals surface area contributed by atoms with Crippen molar-refractivity contribution in [1.82, 2.24) is 9.80 Å². The Morgan fingerprint density at radius 2 is 1.45 bits per heavy atom. The fourth-order valence-corrected chi connectivity index (χ4v) is 4.40. The van der Waals surface area contributed by atoms with Gasteiger partial charge in [-0.25, -0.2) is 8.42 Å². The second-order valence-electron chi connectivity index (χ2n) is 8.23. The number of piperazine rings is 1. The molecule has 0 saturated carbocycles. The molecule has 0 unspecified atom stereocenters. The molecule has 156 valence electrons. The highest BCUT2D eigenvalue weighted by Crippen LogP contribution is 2.17. The maximum Gasteiger partial charge on any atom is 0.253 e. The van der Waals surface area contributed by atoms with Crippen LogP contribution in [0.3, 0.4) is 0 Å². The summed E-state index contributed by atoms with van der Waals surface area (Å²) in [6.07, 6.45) is 1.21. The molecule has 1 fully saturated rings. The summed E-state index contributed by atoms with van der Waals surface area (Å²) in [6, 6.07) is 15.7. The number of benzene rings is 2. The van der Waals surface area contributed by atoms with Gasteiger partial charge in [-0.1, -0.05) is 50.2 Å². The van der Waals surface area contributed by atoms with Crippen LogP contribution in [0.4, 0.5) is 0 Å². The molecule has 0 radical (unpaired) electrons. The SMILES string of the molecule is CC(C)c1ccc(CN2CCN(C(=O)c3ccc(CS(C)(=O)=O)cc3)CC2)cc1. The molecule has 5 nitrogen and oxygen atoms in total. The average molecular weight is 415 g/mol. The molecular formula is C23H30N2O3S. The Balaban J connectivity index is 1.52. The van der Waals surface area contributed by atoms with E-state index in [1.165, 1.54) is 17.4 Å². The lowest BCUT2D eigenvalue weighted by Crippen LogP contribution is -2.48. The van der Waals surface area contributed by atoms with Gasteiger partial charge in [0, 0.05) is 44.5 Å². The lowest BCUT2D eigenvalue weighted by Gasteiger charge is -2.34. The van der Waals surface area contributed by atoms with Crippen LogP contribution in [0.15, 0.2) is 48.5 Å². The number of sulfone groups is 1. The zero-order chi connectivity index (χ0) is 21.0. The Hall–Kier alpha value is -2.18. The molecule has 1 aliphatic heterocycles. The van der Waals surface area contributed by atoms with Crippen LogP contribution in [0.2, 0.25) is 0 Å². The molecule has 0 N–H and O–H groups in total. The van der Waals surface area contributed by atoms with E-state index in [0.717, 1.165) is 19.6 Å². The first-order valence-corrected chi connectivity index (χ1v) is 12.1. The number of hydrogen-bond acceptors (Lipinski definition) is 4. The minimum absolute atomic E-state index is 0.00169. The van der Waals surface area contributed by atoms with Crippen LogP contribution >= 0.6 is 0 Å². The molecule has 0 aromatic heterocycles. The topological polar surface area (TPSA) is 57.7 Å². The van der Waals surface area contributed by atoms with Crippen LogP contribution < -0.4 is 0 Å². The fourth-order valence-electron chi connectivity index (χ4n) is 3.60. The number of carbonyl (C=O) groups is 1. The molecule has 1 aliphatic rings. The van der Waals surface area contributed by atoms with Crippen molar-refractivity contribution in [2.24, 2.45) is 0 Å². The van der Waals surface area contributed by atoms with Crippen LogP contribution in [-0.2, 0) is 22.1 Å². The standard InChI is InChI=1S/C23H30N2O3S/c1-18(2)21-8-4-19(5-9-21)16-24-12-14-25(15-13-24)23(26)22-10-6-20(7-11-22)17-29(3,27)28/h4-11,18H,12-17H2,1-3H3. The van der Waals surface area contributed by atoms with Gasteiger partial charge in [-0.3, -0.25) is 9.69 Å². The highest BCUT2D eigenvalue weighted by atomic mass is 32.2. The Morgan fingerprint density at radius 1 is 0.897 bits per heavy atom. The molecule has 0 bridgehead atoms. The number of hydrogen-bond donors (Lipinski definition) is 0.